The van der Waals surface area contributed by atoms with Crippen LogP contribution in [0.3, 0.4) is 0 Å². The lowest BCUT2D eigenvalue weighted by Gasteiger charge is -2.31. The van der Waals surface area contributed by atoms with Crippen LogP contribution in [-0.2, 0) is 16.2 Å². The van der Waals surface area contributed by atoms with E-state index in [-0.39, 0.29) is 27.8 Å². The Hall–Kier alpha value is -2.22. The summed E-state index contributed by atoms with van der Waals surface area (Å²) in [4.78, 5) is 24.7. The summed E-state index contributed by atoms with van der Waals surface area (Å²) < 4.78 is 0. The second-order valence-electron chi connectivity index (χ2n) is 10.7. The number of aryl methyl sites for hydroxylation is 2. The third-order valence-corrected chi connectivity index (χ3v) is 7.46. The monoisotopic (exact) mass is 388 g/mol. The van der Waals surface area contributed by atoms with E-state index in [4.69, 9.17) is 0 Å². The van der Waals surface area contributed by atoms with Gasteiger partial charge >= 0.3 is 0 Å². The minimum absolute atomic E-state index is 0.0222. The maximum atomic E-state index is 12.3. The molecule has 2 aliphatic rings. The van der Waals surface area contributed by atoms with Crippen LogP contribution in [0.25, 0.3) is 0 Å². The number of ketones is 2. The van der Waals surface area contributed by atoms with Crippen LogP contribution in [0.5, 0.6) is 0 Å². The molecule has 4 rings (SSSR count). The zero-order valence-electron chi connectivity index (χ0n) is 19.0. The molecule has 0 saturated heterocycles. The van der Waals surface area contributed by atoms with Gasteiger partial charge in [0.1, 0.15) is 0 Å². The van der Waals surface area contributed by atoms with Crippen molar-refractivity contribution in [2.45, 2.75) is 84.5 Å². The van der Waals surface area contributed by atoms with E-state index in [1.54, 1.807) is 13.8 Å². The quantitative estimate of drug-likeness (QED) is 0.561. The lowest BCUT2D eigenvalue weighted by molar-refractivity contribution is 0.100. The Labute approximate surface area is 174 Å². The highest BCUT2D eigenvalue weighted by Gasteiger charge is 2.56. The van der Waals surface area contributed by atoms with Crippen molar-refractivity contribution < 1.29 is 9.59 Å². The third-order valence-electron chi connectivity index (χ3n) is 7.46. The van der Waals surface area contributed by atoms with Crippen LogP contribution in [0.15, 0.2) is 24.3 Å². The standard InChI is InChI=1S/C27H32O2/c1-15-9-21-23(11-19(15)17(3)28)27(13-25(21,5)6)14-26(7,8)22-10-16(2)20(18(4)29)12-24(22)27/h9-12H,13-14H2,1-8H3. The lowest BCUT2D eigenvalue weighted by Crippen LogP contribution is -2.27. The predicted molar refractivity (Wildman–Crippen MR) is 118 cm³/mol. The molecule has 29 heavy (non-hydrogen) atoms. The Bertz CT molecular complexity index is 995. The molecular weight excluding hydrogens is 356 g/mol. The van der Waals surface area contributed by atoms with Gasteiger partial charge in [-0.25, -0.2) is 0 Å². The summed E-state index contributed by atoms with van der Waals surface area (Å²) in [5, 5.41) is 0. The van der Waals surface area contributed by atoms with E-state index in [2.05, 4.69) is 52.0 Å². The summed E-state index contributed by atoms with van der Waals surface area (Å²) in [5.74, 6) is 0.243. The van der Waals surface area contributed by atoms with Crippen LogP contribution in [0.2, 0.25) is 0 Å². The molecule has 152 valence electrons. The highest BCUT2D eigenvalue weighted by molar-refractivity contribution is 5.97. The molecule has 0 fully saturated rings. The van der Waals surface area contributed by atoms with Crippen LogP contribution in [0.4, 0.5) is 0 Å². The molecule has 0 atom stereocenters. The molecule has 1 spiro atoms. The van der Waals surface area contributed by atoms with Crippen LogP contribution in [0, 0.1) is 13.8 Å². The molecule has 0 aromatic heterocycles. The number of Topliss-reactive ketones (excluding diaryl/α,β-unsaturated/α-hetero) is 2. The molecular formula is C27H32O2. The number of rotatable bonds is 2. The first-order valence-corrected chi connectivity index (χ1v) is 10.6. The zero-order chi connectivity index (χ0) is 21.5. The molecule has 2 heteroatoms. The van der Waals surface area contributed by atoms with Crippen molar-refractivity contribution in [1.29, 1.82) is 0 Å². The van der Waals surface area contributed by atoms with Gasteiger partial charge in [0.2, 0.25) is 0 Å². The van der Waals surface area contributed by atoms with Crippen LogP contribution >= 0.6 is 0 Å². The Morgan fingerprint density at radius 1 is 0.655 bits per heavy atom. The maximum absolute atomic E-state index is 12.3. The number of benzene rings is 2. The molecule has 0 N–H and O–H groups in total. The first-order valence-electron chi connectivity index (χ1n) is 10.6. The van der Waals surface area contributed by atoms with Crippen LogP contribution in [-0.4, -0.2) is 11.6 Å². The average molecular weight is 389 g/mol. The number of carbonyl (C=O) groups is 2. The van der Waals surface area contributed by atoms with Crippen molar-refractivity contribution in [3.8, 4) is 0 Å². The molecule has 0 saturated carbocycles. The number of fused-ring (bicyclic) bond motifs is 4. The van der Waals surface area contributed by atoms with Gasteiger partial charge < -0.3 is 0 Å². The minimum atomic E-state index is -0.145. The first-order chi connectivity index (χ1) is 13.3. The average Bonchev–Trinajstić information content (AvgIpc) is 2.92. The third kappa shape index (κ3) is 2.68. The van der Waals surface area contributed by atoms with E-state index in [1.165, 1.54) is 22.3 Å². The van der Waals surface area contributed by atoms with Crippen molar-refractivity contribution in [1.82, 2.24) is 0 Å². The molecule has 2 aromatic rings. The molecule has 0 amide bonds. The smallest absolute Gasteiger partial charge is 0.160 e. The highest BCUT2D eigenvalue weighted by atomic mass is 16.1. The van der Waals surface area contributed by atoms with E-state index in [9.17, 15) is 9.59 Å². The van der Waals surface area contributed by atoms with Gasteiger partial charge in [-0.05, 0) is 96.9 Å². The topological polar surface area (TPSA) is 34.1 Å². The minimum Gasteiger partial charge on any atom is -0.295 e. The fourth-order valence-corrected chi connectivity index (χ4v) is 6.37. The van der Waals surface area contributed by atoms with E-state index in [1.807, 2.05) is 13.8 Å². The van der Waals surface area contributed by atoms with Crippen molar-refractivity contribution in [3.05, 3.63) is 68.8 Å². The van der Waals surface area contributed by atoms with Crippen LogP contribution < -0.4 is 0 Å². The Morgan fingerprint density at radius 3 is 1.31 bits per heavy atom. The van der Waals surface area contributed by atoms with Gasteiger partial charge in [0.15, 0.2) is 11.6 Å². The summed E-state index contributed by atoms with van der Waals surface area (Å²) in [6.45, 7) is 16.7. The van der Waals surface area contributed by atoms with Crippen molar-refractivity contribution >= 4 is 11.6 Å². The first kappa shape index (κ1) is 20.1. The second-order valence-corrected chi connectivity index (χ2v) is 10.7. The van der Waals surface area contributed by atoms with Crippen molar-refractivity contribution in [2.24, 2.45) is 0 Å². The van der Waals surface area contributed by atoms with Gasteiger partial charge in [-0.2, -0.15) is 0 Å². The number of hydrogen-bond donors (Lipinski definition) is 0. The Balaban J connectivity index is 2.09. The summed E-state index contributed by atoms with van der Waals surface area (Å²) in [6, 6.07) is 8.82. The highest BCUT2D eigenvalue weighted by Crippen LogP contribution is 2.63. The van der Waals surface area contributed by atoms with E-state index >= 15 is 0 Å². The molecule has 2 nitrogen and oxygen atoms in total. The number of carbonyl (C=O) groups excluding carboxylic acids is 2. The normalized spacial score (nSPS) is 19.9. The van der Waals surface area contributed by atoms with Gasteiger partial charge in [0, 0.05) is 16.5 Å². The molecule has 0 unspecified atom stereocenters. The zero-order valence-corrected chi connectivity index (χ0v) is 19.0. The van der Waals surface area contributed by atoms with Crippen molar-refractivity contribution in [2.75, 3.05) is 0 Å². The van der Waals surface area contributed by atoms with Gasteiger partial charge in [-0.1, -0.05) is 39.8 Å². The molecule has 0 bridgehead atoms. The van der Waals surface area contributed by atoms with Gasteiger partial charge in [0.05, 0.1) is 0 Å². The Morgan fingerprint density at radius 2 is 1.00 bits per heavy atom. The Kier molecular flexibility index (Phi) is 4.09. The summed E-state index contributed by atoms with van der Waals surface area (Å²) in [5.41, 5.74) is 8.97. The summed E-state index contributed by atoms with van der Waals surface area (Å²) >= 11 is 0. The molecule has 0 radical (unpaired) electrons. The summed E-state index contributed by atoms with van der Waals surface area (Å²) in [7, 11) is 0. The lowest BCUT2D eigenvalue weighted by atomic mass is 9.72. The van der Waals surface area contributed by atoms with E-state index < -0.39 is 0 Å². The van der Waals surface area contributed by atoms with Gasteiger partial charge in [-0.3, -0.25) is 9.59 Å². The van der Waals surface area contributed by atoms with Gasteiger partial charge in [-0.15, -0.1) is 0 Å². The molecule has 2 aromatic carbocycles. The number of hydrogen-bond acceptors (Lipinski definition) is 2. The predicted octanol–water partition coefficient (Wildman–Crippen LogP) is 6.36. The fourth-order valence-electron chi connectivity index (χ4n) is 6.37. The van der Waals surface area contributed by atoms with Crippen molar-refractivity contribution in [3.63, 3.8) is 0 Å². The van der Waals surface area contributed by atoms with Gasteiger partial charge in [0.25, 0.3) is 0 Å². The second kappa shape index (κ2) is 5.90. The van der Waals surface area contributed by atoms with E-state index in [0.717, 1.165) is 35.1 Å². The fraction of sp³-hybridized carbons (Fsp3) is 0.481. The maximum Gasteiger partial charge on any atom is 0.160 e. The van der Waals surface area contributed by atoms with Crippen LogP contribution in [0.1, 0.15) is 108 Å². The molecule has 2 aliphatic carbocycles. The SMILES string of the molecule is CC(=O)c1cc2c(cc1C)C(C)(C)CC21CC(C)(C)c2cc(C)c(C(C)=O)cc21. The summed E-state index contributed by atoms with van der Waals surface area (Å²) in [6.07, 6.45) is 2.01. The molecule has 0 heterocycles. The van der Waals surface area contributed by atoms with E-state index in [0.29, 0.717) is 0 Å². The molecule has 0 aliphatic heterocycles. The largest absolute Gasteiger partial charge is 0.295 e.